The van der Waals surface area contributed by atoms with Crippen molar-refractivity contribution in [3.8, 4) is 11.8 Å². The van der Waals surface area contributed by atoms with Crippen molar-refractivity contribution in [1.29, 1.82) is 0 Å². The number of esters is 1. The highest BCUT2D eigenvalue weighted by atomic mass is 127. The zero-order valence-corrected chi connectivity index (χ0v) is 17.8. The van der Waals surface area contributed by atoms with Crippen molar-refractivity contribution in [1.82, 2.24) is 0 Å². The van der Waals surface area contributed by atoms with Gasteiger partial charge in [0.1, 0.15) is 6.61 Å². The zero-order chi connectivity index (χ0) is 19.6. The van der Waals surface area contributed by atoms with E-state index >= 15 is 0 Å². The number of benzene rings is 1. The predicted molar refractivity (Wildman–Crippen MR) is 111 cm³/mol. The van der Waals surface area contributed by atoms with Crippen LogP contribution >= 0.6 is 30.1 Å². The summed E-state index contributed by atoms with van der Waals surface area (Å²) in [7, 11) is 1.46. The van der Waals surface area contributed by atoms with Gasteiger partial charge in [0.15, 0.2) is 5.60 Å². The molecule has 0 fully saturated rings. The minimum absolute atomic E-state index is 0.112. The van der Waals surface area contributed by atoms with E-state index in [-0.39, 0.29) is 18.4 Å². The number of hydrogen-bond donors (Lipinski definition) is 2. The lowest BCUT2D eigenvalue weighted by atomic mass is 9.85. The molecule has 0 aliphatic heterocycles. The Labute approximate surface area is 170 Å². The number of hydrogen-bond acceptors (Lipinski definition) is 5. The van der Waals surface area contributed by atoms with E-state index in [1.54, 1.807) is 0 Å². The number of ether oxygens (including phenoxy) is 1. The third kappa shape index (κ3) is 8.43. The second-order valence-electron chi connectivity index (χ2n) is 6.58. The van der Waals surface area contributed by atoms with Gasteiger partial charge in [-0.2, -0.15) is 0 Å². The van der Waals surface area contributed by atoms with Gasteiger partial charge in [0.05, 0.1) is 6.42 Å². The Bertz CT molecular complexity index is 666. The van der Waals surface area contributed by atoms with E-state index in [0.29, 0.717) is 12.2 Å². The molecule has 0 spiro atoms. The molecular formula is C19H23IO5S. The SMILES string of the molecule is CC(C)(C#CC[C@@](O)(CC(=O)O)C(=O)OCCSI)Cc1ccccc1. The van der Waals surface area contributed by atoms with E-state index in [1.165, 1.54) is 8.93 Å². The quantitative estimate of drug-likeness (QED) is 0.239. The van der Waals surface area contributed by atoms with Crippen molar-refractivity contribution < 1.29 is 24.5 Å². The maximum absolute atomic E-state index is 12.1. The molecule has 0 amide bonds. The molecule has 2 N–H and O–H groups in total. The van der Waals surface area contributed by atoms with Crippen LogP contribution in [0.25, 0.3) is 0 Å². The fraction of sp³-hybridized carbons (Fsp3) is 0.474. The first-order chi connectivity index (χ1) is 12.2. The average Bonchev–Trinajstić information content (AvgIpc) is 2.54. The van der Waals surface area contributed by atoms with Crippen LogP contribution in [-0.4, -0.2) is 40.1 Å². The molecule has 0 aliphatic carbocycles. The van der Waals surface area contributed by atoms with E-state index in [0.717, 1.165) is 5.56 Å². The van der Waals surface area contributed by atoms with Crippen molar-refractivity contribution in [3.05, 3.63) is 35.9 Å². The number of rotatable bonds is 9. The molecule has 26 heavy (non-hydrogen) atoms. The maximum Gasteiger partial charge on any atom is 0.339 e. The molecule has 0 bridgehead atoms. The molecule has 0 aliphatic rings. The van der Waals surface area contributed by atoms with Crippen molar-refractivity contribution in [2.75, 3.05) is 12.4 Å². The van der Waals surface area contributed by atoms with Crippen LogP contribution in [0.2, 0.25) is 0 Å². The van der Waals surface area contributed by atoms with Gasteiger partial charge in [-0.3, -0.25) is 4.79 Å². The summed E-state index contributed by atoms with van der Waals surface area (Å²) in [4.78, 5) is 23.1. The number of carboxylic acid groups (broad SMARTS) is 1. The topological polar surface area (TPSA) is 83.8 Å². The van der Waals surface area contributed by atoms with Crippen LogP contribution in [-0.2, 0) is 20.7 Å². The van der Waals surface area contributed by atoms with Gasteiger partial charge in [-0.05, 0) is 47.0 Å². The van der Waals surface area contributed by atoms with Gasteiger partial charge in [0.25, 0.3) is 0 Å². The molecule has 1 atom stereocenters. The Kier molecular flexibility index (Phi) is 9.47. The summed E-state index contributed by atoms with van der Waals surface area (Å²) in [5.74, 6) is 4.17. The molecule has 0 heterocycles. The Balaban J connectivity index is 2.80. The number of aliphatic hydroxyl groups is 1. The number of carbonyl (C=O) groups excluding carboxylic acids is 1. The van der Waals surface area contributed by atoms with Crippen molar-refractivity contribution in [3.63, 3.8) is 0 Å². The summed E-state index contributed by atoms with van der Waals surface area (Å²) in [6.07, 6.45) is -0.319. The second-order valence-corrected chi connectivity index (χ2v) is 9.07. The number of carbonyl (C=O) groups is 2. The highest BCUT2D eigenvalue weighted by Gasteiger charge is 2.39. The van der Waals surface area contributed by atoms with Crippen LogP contribution < -0.4 is 0 Å². The molecule has 0 saturated heterocycles. The molecule has 0 aromatic heterocycles. The molecule has 1 aromatic rings. The Hall–Kier alpha value is -1.24. The summed E-state index contributed by atoms with van der Waals surface area (Å²) in [6.45, 7) is 4.03. The summed E-state index contributed by atoms with van der Waals surface area (Å²) < 4.78 is 4.98. The first kappa shape index (κ1) is 22.8. The van der Waals surface area contributed by atoms with Gasteiger partial charge in [0.2, 0.25) is 0 Å². The zero-order valence-electron chi connectivity index (χ0n) is 14.8. The first-order valence-corrected chi connectivity index (χ1v) is 11.6. The molecule has 7 heteroatoms. The smallest absolute Gasteiger partial charge is 0.339 e. The number of carboxylic acids is 1. The minimum Gasteiger partial charge on any atom is -0.481 e. The van der Waals surface area contributed by atoms with Crippen LogP contribution in [0.5, 0.6) is 0 Å². The second kappa shape index (κ2) is 10.8. The predicted octanol–water partition coefficient (Wildman–Crippen LogP) is 3.48. The van der Waals surface area contributed by atoms with E-state index < -0.39 is 24.0 Å². The molecule has 1 rings (SSSR count). The molecule has 1 aromatic carbocycles. The molecule has 0 saturated carbocycles. The number of aliphatic carboxylic acids is 1. The fourth-order valence-corrected chi connectivity index (χ4v) is 3.02. The van der Waals surface area contributed by atoms with E-state index in [4.69, 9.17) is 9.84 Å². The molecule has 0 unspecified atom stereocenters. The lowest BCUT2D eigenvalue weighted by Crippen LogP contribution is -2.42. The normalized spacial score (nSPS) is 13.2. The lowest BCUT2D eigenvalue weighted by Gasteiger charge is -2.22. The maximum atomic E-state index is 12.1. The van der Waals surface area contributed by atoms with Crippen LogP contribution in [0.3, 0.4) is 0 Å². The van der Waals surface area contributed by atoms with Gasteiger partial charge >= 0.3 is 11.9 Å². The summed E-state index contributed by atoms with van der Waals surface area (Å²) in [5, 5.41) is 19.5. The van der Waals surface area contributed by atoms with Gasteiger partial charge in [-0.1, -0.05) is 51.1 Å². The average molecular weight is 490 g/mol. The third-order valence-electron chi connectivity index (χ3n) is 3.51. The molecule has 142 valence electrons. The first-order valence-electron chi connectivity index (χ1n) is 8.07. The van der Waals surface area contributed by atoms with Gasteiger partial charge in [0, 0.05) is 17.6 Å². The molecule has 0 radical (unpaired) electrons. The Morgan fingerprint density at radius 1 is 1.27 bits per heavy atom. The van der Waals surface area contributed by atoms with Gasteiger partial charge < -0.3 is 14.9 Å². The minimum atomic E-state index is -2.14. The monoisotopic (exact) mass is 490 g/mol. The van der Waals surface area contributed by atoms with E-state index in [9.17, 15) is 14.7 Å². The fourth-order valence-electron chi connectivity index (χ4n) is 2.34. The highest BCUT2D eigenvalue weighted by Crippen LogP contribution is 2.22. The largest absolute Gasteiger partial charge is 0.481 e. The van der Waals surface area contributed by atoms with E-state index in [2.05, 4.69) is 33.0 Å². The summed E-state index contributed by atoms with van der Waals surface area (Å²) in [5.41, 5.74) is -1.39. The van der Waals surface area contributed by atoms with Crippen LogP contribution in [0.1, 0.15) is 32.3 Å². The van der Waals surface area contributed by atoms with Crippen molar-refractivity contribution in [2.24, 2.45) is 5.41 Å². The lowest BCUT2D eigenvalue weighted by molar-refractivity contribution is -0.169. The highest BCUT2D eigenvalue weighted by molar-refractivity contribution is 14.2. The summed E-state index contributed by atoms with van der Waals surface area (Å²) in [6, 6.07) is 9.86. The standard InChI is InChI=1S/C19H23IO5S/c1-18(2,13-15-7-4-3-5-8-15)9-6-10-19(24,14-16(21)22)17(23)25-11-12-26-20/h3-5,7-8,24H,10-14H2,1-2H3,(H,21,22)/t19-/m1/s1. The van der Waals surface area contributed by atoms with Crippen LogP contribution in [0, 0.1) is 17.3 Å². The Morgan fingerprint density at radius 3 is 2.50 bits per heavy atom. The van der Waals surface area contributed by atoms with Gasteiger partial charge in [-0.25, -0.2) is 4.79 Å². The Morgan fingerprint density at radius 2 is 1.92 bits per heavy atom. The van der Waals surface area contributed by atoms with Crippen LogP contribution in [0.4, 0.5) is 0 Å². The van der Waals surface area contributed by atoms with Crippen molar-refractivity contribution in [2.45, 2.75) is 38.7 Å². The number of halogens is 1. The van der Waals surface area contributed by atoms with Crippen LogP contribution in [0.15, 0.2) is 30.3 Å². The molecular weight excluding hydrogens is 467 g/mol. The molecule has 5 nitrogen and oxygen atoms in total. The van der Waals surface area contributed by atoms with E-state index in [1.807, 2.05) is 44.2 Å². The summed E-state index contributed by atoms with van der Waals surface area (Å²) >= 11 is 2.06. The van der Waals surface area contributed by atoms with Gasteiger partial charge in [-0.15, -0.1) is 0 Å². The third-order valence-corrected chi connectivity index (χ3v) is 5.16. The van der Waals surface area contributed by atoms with Crippen molar-refractivity contribution >= 4 is 42.1 Å².